The minimum atomic E-state index is -0.162. The standard InChI is InChI=1S/C23H25N3O3/c1-17(26-11-5-10-24-26)14-23(27)25-20(15-18-6-3-2-4-7-18)19-8-9-21-22(16-19)29-13-12-28-21/h2-11,16-17,20H,12-15H2,1H3,(H,25,27)/t17-,20-/m1/s1. The SMILES string of the molecule is C[C@H](CC(=O)N[C@H](Cc1ccccc1)c1ccc2c(c1)OCCO2)n1cccn1. The van der Waals surface area contributed by atoms with Crippen molar-refractivity contribution in [2.45, 2.75) is 31.8 Å². The minimum Gasteiger partial charge on any atom is -0.486 e. The number of nitrogens with zero attached hydrogens (tertiary/aromatic N) is 2. The average Bonchev–Trinajstić information content (AvgIpc) is 3.29. The van der Waals surface area contributed by atoms with Crippen LogP contribution in [0.25, 0.3) is 0 Å². The number of rotatable bonds is 7. The number of hydrogen-bond acceptors (Lipinski definition) is 4. The van der Waals surface area contributed by atoms with Gasteiger partial charge in [0.05, 0.1) is 12.1 Å². The highest BCUT2D eigenvalue weighted by Gasteiger charge is 2.20. The van der Waals surface area contributed by atoms with Crippen molar-refractivity contribution in [1.29, 1.82) is 0 Å². The zero-order valence-corrected chi connectivity index (χ0v) is 16.5. The summed E-state index contributed by atoms with van der Waals surface area (Å²) in [7, 11) is 0. The molecular weight excluding hydrogens is 366 g/mol. The lowest BCUT2D eigenvalue weighted by molar-refractivity contribution is -0.122. The van der Waals surface area contributed by atoms with E-state index in [1.165, 1.54) is 0 Å². The number of nitrogens with one attached hydrogen (secondary N) is 1. The molecule has 3 aromatic rings. The molecule has 0 radical (unpaired) electrons. The van der Waals surface area contributed by atoms with Crippen LogP contribution in [-0.2, 0) is 11.2 Å². The van der Waals surface area contributed by atoms with E-state index in [1.807, 2.05) is 55.6 Å². The summed E-state index contributed by atoms with van der Waals surface area (Å²) in [6.45, 7) is 3.08. The average molecular weight is 391 g/mol. The zero-order valence-electron chi connectivity index (χ0n) is 16.5. The van der Waals surface area contributed by atoms with E-state index >= 15 is 0 Å². The highest BCUT2D eigenvalue weighted by atomic mass is 16.6. The molecule has 1 aromatic heterocycles. The van der Waals surface area contributed by atoms with E-state index in [2.05, 4.69) is 22.5 Å². The fourth-order valence-electron chi connectivity index (χ4n) is 3.54. The van der Waals surface area contributed by atoms with Crippen LogP contribution in [0.4, 0.5) is 0 Å². The van der Waals surface area contributed by atoms with E-state index in [-0.39, 0.29) is 18.0 Å². The second kappa shape index (κ2) is 8.82. The summed E-state index contributed by atoms with van der Waals surface area (Å²) >= 11 is 0. The summed E-state index contributed by atoms with van der Waals surface area (Å²) in [6.07, 6.45) is 4.65. The number of aromatic nitrogens is 2. The Morgan fingerprint density at radius 2 is 1.90 bits per heavy atom. The van der Waals surface area contributed by atoms with Crippen LogP contribution in [0, 0.1) is 0 Å². The van der Waals surface area contributed by atoms with Gasteiger partial charge in [-0.3, -0.25) is 9.48 Å². The number of fused-ring (bicyclic) bond motifs is 1. The third kappa shape index (κ3) is 4.77. The van der Waals surface area contributed by atoms with Gasteiger partial charge in [-0.25, -0.2) is 0 Å². The van der Waals surface area contributed by atoms with Crippen LogP contribution in [0.5, 0.6) is 11.5 Å². The van der Waals surface area contributed by atoms with Gasteiger partial charge in [0.2, 0.25) is 5.91 Å². The molecule has 1 aliphatic rings. The van der Waals surface area contributed by atoms with E-state index in [4.69, 9.17) is 9.47 Å². The topological polar surface area (TPSA) is 65.4 Å². The van der Waals surface area contributed by atoms with E-state index in [9.17, 15) is 4.79 Å². The number of hydrogen-bond donors (Lipinski definition) is 1. The highest BCUT2D eigenvalue weighted by Crippen LogP contribution is 2.33. The summed E-state index contributed by atoms with van der Waals surface area (Å²) in [4.78, 5) is 12.8. The Labute approximate surface area is 170 Å². The lowest BCUT2D eigenvalue weighted by Crippen LogP contribution is -2.31. The van der Waals surface area contributed by atoms with Gasteiger partial charge in [0.15, 0.2) is 11.5 Å². The zero-order chi connectivity index (χ0) is 20.1. The lowest BCUT2D eigenvalue weighted by Gasteiger charge is -2.24. The van der Waals surface area contributed by atoms with Gasteiger partial charge in [-0.15, -0.1) is 0 Å². The Balaban J connectivity index is 1.52. The minimum absolute atomic E-state index is 0.0104. The van der Waals surface area contributed by atoms with Crippen LogP contribution >= 0.6 is 0 Å². The fourth-order valence-corrected chi connectivity index (χ4v) is 3.54. The van der Waals surface area contributed by atoms with Crippen molar-refractivity contribution < 1.29 is 14.3 Å². The van der Waals surface area contributed by atoms with E-state index < -0.39 is 0 Å². The van der Waals surface area contributed by atoms with Crippen molar-refractivity contribution in [3.63, 3.8) is 0 Å². The smallest absolute Gasteiger partial charge is 0.222 e. The van der Waals surface area contributed by atoms with Crippen molar-refractivity contribution in [1.82, 2.24) is 15.1 Å². The van der Waals surface area contributed by atoms with Gasteiger partial charge in [-0.2, -0.15) is 5.10 Å². The molecule has 6 heteroatoms. The first-order valence-corrected chi connectivity index (χ1v) is 9.91. The Morgan fingerprint density at radius 1 is 1.10 bits per heavy atom. The largest absolute Gasteiger partial charge is 0.486 e. The molecule has 1 N–H and O–H groups in total. The summed E-state index contributed by atoms with van der Waals surface area (Å²) < 4.78 is 13.2. The lowest BCUT2D eigenvalue weighted by atomic mass is 9.98. The van der Waals surface area contributed by atoms with Gasteiger partial charge in [0, 0.05) is 18.8 Å². The van der Waals surface area contributed by atoms with E-state index in [0.717, 1.165) is 22.6 Å². The molecule has 0 spiro atoms. The number of ether oxygens (including phenoxy) is 2. The van der Waals surface area contributed by atoms with Gasteiger partial charge in [-0.05, 0) is 42.7 Å². The summed E-state index contributed by atoms with van der Waals surface area (Å²) in [5, 5.41) is 7.43. The maximum absolute atomic E-state index is 12.8. The third-order valence-electron chi connectivity index (χ3n) is 5.04. The predicted octanol–water partition coefficient (Wildman–Crippen LogP) is 3.71. The van der Waals surface area contributed by atoms with Gasteiger partial charge < -0.3 is 14.8 Å². The second-order valence-electron chi connectivity index (χ2n) is 7.25. The number of carbonyl (C=O) groups is 1. The van der Waals surface area contributed by atoms with Crippen molar-refractivity contribution in [3.05, 3.63) is 78.1 Å². The molecule has 2 heterocycles. The molecular formula is C23H25N3O3. The fraction of sp³-hybridized carbons (Fsp3) is 0.304. The van der Waals surface area contributed by atoms with Crippen molar-refractivity contribution in [2.24, 2.45) is 0 Å². The molecule has 29 heavy (non-hydrogen) atoms. The Bertz CT molecular complexity index is 941. The van der Waals surface area contributed by atoms with Gasteiger partial charge in [-0.1, -0.05) is 36.4 Å². The molecule has 4 rings (SSSR count). The van der Waals surface area contributed by atoms with Crippen LogP contribution in [0.3, 0.4) is 0 Å². The molecule has 0 saturated carbocycles. The van der Waals surface area contributed by atoms with E-state index in [1.54, 1.807) is 10.9 Å². The molecule has 2 aromatic carbocycles. The van der Waals surface area contributed by atoms with Gasteiger partial charge in [0.25, 0.3) is 0 Å². The van der Waals surface area contributed by atoms with Gasteiger partial charge in [0.1, 0.15) is 13.2 Å². The second-order valence-corrected chi connectivity index (χ2v) is 7.25. The van der Waals surface area contributed by atoms with Crippen LogP contribution in [0.1, 0.15) is 36.6 Å². The maximum atomic E-state index is 12.8. The van der Waals surface area contributed by atoms with Crippen LogP contribution in [0.2, 0.25) is 0 Å². The number of amides is 1. The summed E-state index contributed by atoms with van der Waals surface area (Å²) in [6, 6.07) is 17.7. The molecule has 0 bridgehead atoms. The molecule has 6 nitrogen and oxygen atoms in total. The highest BCUT2D eigenvalue weighted by molar-refractivity contribution is 5.77. The molecule has 0 saturated heterocycles. The van der Waals surface area contributed by atoms with Crippen molar-refractivity contribution in [3.8, 4) is 11.5 Å². The molecule has 1 amide bonds. The molecule has 2 atom stereocenters. The first-order chi connectivity index (χ1) is 14.2. The van der Waals surface area contributed by atoms with Crippen molar-refractivity contribution >= 4 is 5.91 Å². The monoisotopic (exact) mass is 391 g/mol. The summed E-state index contributed by atoms with van der Waals surface area (Å²) in [5.41, 5.74) is 2.16. The quantitative estimate of drug-likeness (QED) is 0.667. The maximum Gasteiger partial charge on any atom is 0.222 e. The number of benzene rings is 2. The Kier molecular flexibility index (Phi) is 5.79. The normalized spacial score (nSPS) is 14.8. The number of carbonyl (C=O) groups excluding carboxylic acids is 1. The molecule has 150 valence electrons. The van der Waals surface area contributed by atoms with Crippen LogP contribution in [0.15, 0.2) is 67.0 Å². The third-order valence-corrected chi connectivity index (χ3v) is 5.04. The molecule has 0 aliphatic carbocycles. The summed E-state index contributed by atoms with van der Waals surface area (Å²) in [5.74, 6) is 1.46. The first kappa shape index (κ1) is 19.1. The Hall–Kier alpha value is -3.28. The molecule has 0 unspecified atom stereocenters. The van der Waals surface area contributed by atoms with Crippen LogP contribution < -0.4 is 14.8 Å². The first-order valence-electron chi connectivity index (χ1n) is 9.91. The molecule has 0 fully saturated rings. The van der Waals surface area contributed by atoms with Crippen LogP contribution in [-0.4, -0.2) is 28.9 Å². The van der Waals surface area contributed by atoms with Gasteiger partial charge >= 0.3 is 0 Å². The van der Waals surface area contributed by atoms with Crippen molar-refractivity contribution in [2.75, 3.05) is 13.2 Å². The van der Waals surface area contributed by atoms with E-state index in [0.29, 0.717) is 26.1 Å². The Morgan fingerprint density at radius 3 is 2.66 bits per heavy atom. The molecule has 1 aliphatic heterocycles. The predicted molar refractivity (Wildman–Crippen MR) is 110 cm³/mol.